The summed E-state index contributed by atoms with van der Waals surface area (Å²) in [5, 5.41) is 5.73. The number of amides is 1. The van der Waals surface area contributed by atoms with E-state index >= 15 is 0 Å². The number of likely N-dealkylation sites (N-methyl/N-ethyl adjacent to an activating group) is 1. The molecule has 2 aromatic carbocycles. The van der Waals surface area contributed by atoms with Gasteiger partial charge in [-0.3, -0.25) is 4.79 Å². The quantitative estimate of drug-likeness (QED) is 0.846. The number of hydrogen-bond donors (Lipinski definition) is 2. The van der Waals surface area contributed by atoms with Gasteiger partial charge in [0.1, 0.15) is 0 Å². The summed E-state index contributed by atoms with van der Waals surface area (Å²) in [6, 6.07) is 12.4. The molecule has 0 fully saturated rings. The van der Waals surface area contributed by atoms with Gasteiger partial charge in [0.15, 0.2) is 0 Å². The van der Waals surface area contributed by atoms with Crippen LogP contribution >= 0.6 is 0 Å². The molecule has 0 saturated carbocycles. The minimum absolute atomic E-state index is 0.100. The second kappa shape index (κ2) is 7.97. The summed E-state index contributed by atoms with van der Waals surface area (Å²) in [5.74, 6) is -0.100. The Labute approximate surface area is 138 Å². The maximum atomic E-state index is 12.6. The van der Waals surface area contributed by atoms with Crippen LogP contribution in [0.15, 0.2) is 48.5 Å². The van der Waals surface area contributed by atoms with Crippen LogP contribution in [0.25, 0.3) is 11.1 Å². The molecule has 0 aliphatic heterocycles. The van der Waals surface area contributed by atoms with Gasteiger partial charge in [0, 0.05) is 6.54 Å². The van der Waals surface area contributed by atoms with Crippen molar-refractivity contribution in [2.75, 3.05) is 13.1 Å². The predicted molar refractivity (Wildman–Crippen MR) is 87.3 cm³/mol. The summed E-state index contributed by atoms with van der Waals surface area (Å²) >= 11 is 0. The number of alkyl halides is 3. The fourth-order valence-electron chi connectivity index (χ4n) is 2.21. The fourth-order valence-corrected chi connectivity index (χ4v) is 2.21. The Morgan fingerprint density at radius 1 is 1.04 bits per heavy atom. The van der Waals surface area contributed by atoms with Gasteiger partial charge in [-0.15, -0.1) is 0 Å². The molecule has 3 nitrogen and oxygen atoms in total. The second-order valence-electron chi connectivity index (χ2n) is 5.33. The molecule has 24 heavy (non-hydrogen) atoms. The summed E-state index contributed by atoms with van der Waals surface area (Å²) in [7, 11) is 0. The molecular formula is C18H19F3N2O. The maximum Gasteiger partial charge on any atom is 0.416 e. The Balaban J connectivity index is 2.06. The van der Waals surface area contributed by atoms with Crippen molar-refractivity contribution in [1.29, 1.82) is 0 Å². The van der Waals surface area contributed by atoms with E-state index < -0.39 is 11.7 Å². The Morgan fingerprint density at radius 2 is 1.75 bits per heavy atom. The lowest BCUT2D eigenvalue weighted by atomic mass is 10.0. The average molecular weight is 336 g/mol. The summed E-state index contributed by atoms with van der Waals surface area (Å²) < 4.78 is 37.8. The maximum absolute atomic E-state index is 12.6. The first-order chi connectivity index (χ1) is 11.4. The van der Waals surface area contributed by atoms with Crippen molar-refractivity contribution in [2.24, 2.45) is 0 Å². The topological polar surface area (TPSA) is 41.1 Å². The molecular weight excluding hydrogens is 317 g/mol. The van der Waals surface area contributed by atoms with Crippen LogP contribution in [0, 0.1) is 0 Å². The average Bonchev–Trinajstić information content (AvgIpc) is 2.58. The molecule has 0 heterocycles. The summed E-state index contributed by atoms with van der Waals surface area (Å²) in [4.78, 5) is 11.6. The number of carbonyl (C=O) groups excluding carboxylic acids is 1. The van der Waals surface area contributed by atoms with Crippen LogP contribution < -0.4 is 10.6 Å². The third kappa shape index (κ3) is 5.09. The van der Waals surface area contributed by atoms with Gasteiger partial charge < -0.3 is 10.6 Å². The van der Waals surface area contributed by atoms with Crippen molar-refractivity contribution in [3.05, 3.63) is 59.7 Å². The number of halogens is 3. The molecule has 0 unspecified atom stereocenters. The third-order valence-corrected chi connectivity index (χ3v) is 3.50. The van der Waals surface area contributed by atoms with Crippen molar-refractivity contribution in [3.8, 4) is 11.1 Å². The van der Waals surface area contributed by atoms with Gasteiger partial charge in [0.2, 0.25) is 5.91 Å². The predicted octanol–water partition coefficient (Wildman–Crippen LogP) is 3.60. The lowest BCUT2D eigenvalue weighted by molar-refractivity contribution is -0.137. The number of benzene rings is 2. The minimum Gasteiger partial charge on any atom is -0.351 e. The fraction of sp³-hybridized carbons (Fsp3) is 0.278. The van der Waals surface area contributed by atoms with Gasteiger partial charge in [-0.1, -0.05) is 37.3 Å². The highest BCUT2D eigenvalue weighted by Crippen LogP contribution is 2.31. The molecule has 0 bridgehead atoms. The molecule has 1 amide bonds. The van der Waals surface area contributed by atoms with Crippen LogP contribution in [0.4, 0.5) is 13.2 Å². The van der Waals surface area contributed by atoms with E-state index in [0.29, 0.717) is 12.1 Å². The summed E-state index contributed by atoms with van der Waals surface area (Å²) in [5.41, 5.74) is 1.72. The normalized spacial score (nSPS) is 11.3. The van der Waals surface area contributed by atoms with Crippen molar-refractivity contribution in [3.63, 3.8) is 0 Å². The van der Waals surface area contributed by atoms with Gasteiger partial charge in [-0.05, 0) is 41.4 Å². The van der Waals surface area contributed by atoms with Crippen LogP contribution in [-0.2, 0) is 17.5 Å². The molecule has 0 spiro atoms. The van der Waals surface area contributed by atoms with Crippen LogP contribution in [0.1, 0.15) is 18.1 Å². The molecule has 2 aromatic rings. The van der Waals surface area contributed by atoms with E-state index in [4.69, 9.17) is 0 Å². The highest BCUT2D eigenvalue weighted by Gasteiger charge is 2.29. The van der Waals surface area contributed by atoms with Crippen molar-refractivity contribution in [2.45, 2.75) is 19.6 Å². The molecule has 2 rings (SSSR count). The van der Waals surface area contributed by atoms with Gasteiger partial charge >= 0.3 is 6.18 Å². The smallest absolute Gasteiger partial charge is 0.351 e. The lowest BCUT2D eigenvalue weighted by Gasteiger charge is -2.10. The second-order valence-corrected chi connectivity index (χ2v) is 5.33. The molecule has 0 aromatic heterocycles. The van der Waals surface area contributed by atoms with E-state index in [-0.39, 0.29) is 12.5 Å². The Bertz CT molecular complexity index is 681. The zero-order valence-corrected chi connectivity index (χ0v) is 13.3. The zero-order valence-electron chi connectivity index (χ0n) is 13.3. The third-order valence-electron chi connectivity index (χ3n) is 3.50. The van der Waals surface area contributed by atoms with E-state index in [9.17, 15) is 18.0 Å². The molecule has 2 N–H and O–H groups in total. The number of nitrogens with one attached hydrogen (secondary N) is 2. The lowest BCUT2D eigenvalue weighted by Crippen LogP contribution is -2.33. The monoisotopic (exact) mass is 336 g/mol. The first-order valence-corrected chi connectivity index (χ1v) is 7.64. The van der Waals surface area contributed by atoms with Gasteiger partial charge in [-0.25, -0.2) is 0 Å². The SMILES string of the molecule is CCNCC(=O)NCc1cccc(-c2ccc(C(F)(F)F)cc2)c1. The molecule has 0 atom stereocenters. The highest BCUT2D eigenvalue weighted by molar-refractivity contribution is 5.78. The minimum atomic E-state index is -4.34. The van der Waals surface area contributed by atoms with Gasteiger partial charge in [0.05, 0.1) is 12.1 Å². The standard InChI is InChI=1S/C18H19F3N2O/c1-2-22-12-17(24)23-11-13-4-3-5-15(10-13)14-6-8-16(9-7-14)18(19,20)21/h3-10,22H,2,11-12H2,1H3,(H,23,24). The first-order valence-electron chi connectivity index (χ1n) is 7.64. The van der Waals surface area contributed by atoms with Crippen molar-refractivity contribution < 1.29 is 18.0 Å². The van der Waals surface area contributed by atoms with Crippen LogP contribution in [0.5, 0.6) is 0 Å². The number of rotatable bonds is 6. The van der Waals surface area contributed by atoms with E-state index in [1.807, 2.05) is 31.2 Å². The van der Waals surface area contributed by atoms with E-state index in [2.05, 4.69) is 10.6 Å². The van der Waals surface area contributed by atoms with E-state index in [1.54, 1.807) is 0 Å². The molecule has 0 aliphatic carbocycles. The largest absolute Gasteiger partial charge is 0.416 e. The molecule has 0 aliphatic rings. The molecule has 0 saturated heterocycles. The van der Waals surface area contributed by atoms with Crippen molar-refractivity contribution >= 4 is 5.91 Å². The highest BCUT2D eigenvalue weighted by atomic mass is 19.4. The summed E-state index contributed by atoms with van der Waals surface area (Å²) in [6.07, 6.45) is -4.34. The van der Waals surface area contributed by atoms with Crippen molar-refractivity contribution in [1.82, 2.24) is 10.6 Å². The Hall–Kier alpha value is -2.34. The van der Waals surface area contributed by atoms with Gasteiger partial charge in [-0.2, -0.15) is 13.2 Å². The van der Waals surface area contributed by atoms with E-state index in [1.165, 1.54) is 12.1 Å². The van der Waals surface area contributed by atoms with Crippen LogP contribution in [0.2, 0.25) is 0 Å². The summed E-state index contributed by atoms with van der Waals surface area (Å²) in [6.45, 7) is 3.27. The molecule has 6 heteroatoms. The molecule has 128 valence electrons. The Kier molecular flexibility index (Phi) is 5.98. The van der Waals surface area contributed by atoms with Crippen LogP contribution in [0.3, 0.4) is 0 Å². The number of hydrogen-bond acceptors (Lipinski definition) is 2. The van der Waals surface area contributed by atoms with E-state index in [0.717, 1.165) is 29.8 Å². The first kappa shape index (κ1) is 18.0. The molecule has 0 radical (unpaired) electrons. The van der Waals surface area contributed by atoms with Gasteiger partial charge in [0.25, 0.3) is 0 Å². The number of carbonyl (C=O) groups is 1. The zero-order chi connectivity index (χ0) is 17.6. The Morgan fingerprint density at radius 3 is 2.38 bits per heavy atom. The van der Waals surface area contributed by atoms with Crippen LogP contribution in [-0.4, -0.2) is 19.0 Å².